The van der Waals surface area contributed by atoms with Gasteiger partial charge >= 0.3 is 17.9 Å². The normalized spacial score (nSPS) is 15.0. The summed E-state index contributed by atoms with van der Waals surface area (Å²) in [6, 6.07) is 21.6. The average molecular weight is 944 g/mol. The molecule has 5 N–H and O–H groups in total. The molecule has 3 unspecified atom stereocenters. The number of carbonyl (C=O) groups is 3. The molecule has 3 aromatic rings. The molecule has 0 spiro atoms. The van der Waals surface area contributed by atoms with E-state index in [2.05, 4.69) is 75.8 Å². The van der Waals surface area contributed by atoms with Crippen molar-refractivity contribution in [3.05, 3.63) is 89.5 Å². The summed E-state index contributed by atoms with van der Waals surface area (Å²) >= 11 is 0. The van der Waals surface area contributed by atoms with E-state index >= 15 is 0 Å². The second kappa shape index (κ2) is 32.1. The van der Waals surface area contributed by atoms with Crippen molar-refractivity contribution in [2.24, 2.45) is 17.8 Å². The highest BCUT2D eigenvalue weighted by molar-refractivity contribution is 5.90. The third kappa shape index (κ3) is 19.7. The van der Waals surface area contributed by atoms with Gasteiger partial charge in [-0.25, -0.2) is 14.4 Å². The van der Waals surface area contributed by atoms with Gasteiger partial charge in [0, 0.05) is 6.54 Å². The maximum atomic E-state index is 13.1. The first kappa shape index (κ1) is 55.8. The Bertz CT molecular complexity index is 1760. The van der Waals surface area contributed by atoms with Crippen LogP contribution in [0.5, 0.6) is 0 Å². The van der Waals surface area contributed by atoms with Gasteiger partial charge in [-0.1, -0.05) is 154 Å². The van der Waals surface area contributed by atoms with E-state index in [0.717, 1.165) is 96.3 Å². The fraction of sp³-hybridized carbons (Fsp3) is 0.604. The van der Waals surface area contributed by atoms with Crippen molar-refractivity contribution in [2.45, 2.75) is 164 Å². The van der Waals surface area contributed by atoms with E-state index in [1.54, 1.807) is 52.1 Å². The fourth-order valence-corrected chi connectivity index (χ4v) is 7.79. The summed E-state index contributed by atoms with van der Waals surface area (Å²) in [5, 5.41) is 6.98. The molecule has 1 aliphatic heterocycles. The van der Waals surface area contributed by atoms with Crippen LogP contribution in [0.2, 0.25) is 0 Å². The summed E-state index contributed by atoms with van der Waals surface area (Å²) in [5.41, 5.74) is 20.6. The lowest BCUT2D eigenvalue weighted by atomic mass is 10.0. The molecule has 4 rings (SSSR count). The minimum Gasteiger partial charge on any atom is -0.462 e. The molecule has 0 bridgehead atoms. The number of nitrogens with zero attached hydrogens (tertiary/aromatic N) is 4. The Labute approximate surface area is 408 Å². The molecule has 3 aromatic carbocycles. The summed E-state index contributed by atoms with van der Waals surface area (Å²) in [7, 11) is 0. The Morgan fingerprint density at radius 3 is 1.10 bits per heavy atom. The minimum absolute atomic E-state index is 0.338. The van der Waals surface area contributed by atoms with Crippen LogP contribution in [0.25, 0.3) is 0 Å². The molecule has 1 aliphatic rings. The van der Waals surface area contributed by atoms with E-state index < -0.39 is 0 Å². The Morgan fingerprint density at radius 2 is 0.765 bits per heavy atom. The molecule has 15 heteroatoms. The van der Waals surface area contributed by atoms with Crippen molar-refractivity contribution in [1.29, 1.82) is 0 Å². The molecule has 3 atom stereocenters. The van der Waals surface area contributed by atoms with Crippen LogP contribution in [0, 0.1) is 17.8 Å². The molecular weight excluding hydrogens is 859 g/mol. The van der Waals surface area contributed by atoms with Gasteiger partial charge in [0.05, 0.1) is 53.6 Å². The summed E-state index contributed by atoms with van der Waals surface area (Å²) < 4.78 is 17.2. The van der Waals surface area contributed by atoms with Gasteiger partial charge < -0.3 is 14.2 Å². The lowest BCUT2D eigenvalue weighted by Gasteiger charge is -2.49. The molecule has 0 aliphatic carbocycles. The largest absolute Gasteiger partial charge is 0.462 e. The Hall–Kier alpha value is -4.77. The maximum absolute atomic E-state index is 13.1. The number of rotatable bonds is 34. The number of ether oxygens (including phenoxy) is 3. The molecule has 1 fully saturated rings. The van der Waals surface area contributed by atoms with Crippen LogP contribution < -0.4 is 27.3 Å². The van der Waals surface area contributed by atoms with Gasteiger partial charge in [0.15, 0.2) is 0 Å². The highest BCUT2D eigenvalue weighted by Gasteiger charge is 2.32. The van der Waals surface area contributed by atoms with E-state index in [0.29, 0.717) is 77.9 Å². The van der Waals surface area contributed by atoms with Gasteiger partial charge in [0.25, 0.3) is 0 Å². The second-order valence-electron chi connectivity index (χ2n) is 18.1. The highest BCUT2D eigenvalue weighted by atomic mass is 16.5. The molecule has 1 saturated heterocycles. The molecule has 0 saturated carbocycles. The molecule has 1 heterocycles. The SMILES string of the molecule is CCCCCCCCN1N(Nc2ccc(C(=O)OCC(CC)CCCC)cc2)NN(Nc2ccc(C(=O)OCC(CC)CCCC)cc2)NN1Nc1ccc(C(=O)OCC(CC)CCCC)cc1. The fourth-order valence-electron chi connectivity index (χ4n) is 7.79. The van der Waals surface area contributed by atoms with Gasteiger partial charge in [-0.05, 0) is 116 Å². The van der Waals surface area contributed by atoms with Crippen LogP contribution in [0.1, 0.15) is 195 Å². The van der Waals surface area contributed by atoms with Gasteiger partial charge in [0.1, 0.15) is 0 Å². The van der Waals surface area contributed by atoms with Gasteiger partial charge in [-0.15, -0.1) is 16.2 Å². The zero-order valence-corrected chi connectivity index (χ0v) is 42.5. The predicted molar refractivity (Wildman–Crippen MR) is 273 cm³/mol. The number of unbranched alkanes of at least 4 members (excludes halogenated alkanes) is 8. The minimum atomic E-state index is -0.343. The van der Waals surface area contributed by atoms with E-state index in [9.17, 15) is 14.4 Å². The quantitative estimate of drug-likeness (QED) is 0.0219. The summed E-state index contributed by atoms with van der Waals surface area (Å²) in [6.45, 7) is 17.0. The number of hydrogen-bond donors (Lipinski definition) is 5. The van der Waals surface area contributed by atoms with Crippen molar-refractivity contribution < 1.29 is 28.6 Å². The third-order valence-corrected chi connectivity index (χ3v) is 12.6. The number of esters is 3. The monoisotopic (exact) mass is 944 g/mol. The predicted octanol–water partition coefficient (Wildman–Crippen LogP) is 12.4. The highest BCUT2D eigenvalue weighted by Crippen LogP contribution is 2.22. The summed E-state index contributed by atoms with van der Waals surface area (Å²) in [6.07, 6.45) is 19.4. The Balaban J connectivity index is 1.56. The molecule has 0 radical (unpaired) electrons. The number of hydrogen-bond acceptors (Lipinski definition) is 15. The topological polar surface area (TPSA) is 152 Å². The summed E-state index contributed by atoms with van der Waals surface area (Å²) in [4.78, 5) is 39.2. The lowest BCUT2D eigenvalue weighted by molar-refractivity contribution is -0.319. The molecule has 0 aromatic heterocycles. The van der Waals surface area contributed by atoms with Crippen molar-refractivity contribution in [3.63, 3.8) is 0 Å². The van der Waals surface area contributed by atoms with Crippen LogP contribution in [-0.4, -0.2) is 65.1 Å². The van der Waals surface area contributed by atoms with Crippen LogP contribution in [0.4, 0.5) is 17.1 Å². The van der Waals surface area contributed by atoms with Crippen molar-refractivity contribution in [3.8, 4) is 0 Å². The van der Waals surface area contributed by atoms with Crippen LogP contribution in [-0.2, 0) is 14.2 Å². The van der Waals surface area contributed by atoms with Crippen LogP contribution in [0.15, 0.2) is 72.8 Å². The smallest absolute Gasteiger partial charge is 0.338 e. The van der Waals surface area contributed by atoms with Crippen LogP contribution in [0.3, 0.4) is 0 Å². The lowest BCUT2D eigenvalue weighted by Crippen LogP contribution is -2.79. The number of hydrazine groups is 9. The molecule has 378 valence electrons. The molecule has 15 nitrogen and oxygen atoms in total. The van der Waals surface area contributed by atoms with E-state index in [1.165, 1.54) is 19.3 Å². The van der Waals surface area contributed by atoms with E-state index in [-0.39, 0.29) is 17.9 Å². The van der Waals surface area contributed by atoms with Gasteiger partial charge in [-0.2, -0.15) is 0 Å². The molecule has 0 amide bonds. The third-order valence-electron chi connectivity index (χ3n) is 12.6. The Morgan fingerprint density at radius 1 is 0.441 bits per heavy atom. The maximum Gasteiger partial charge on any atom is 0.338 e. The number of anilines is 3. The number of benzene rings is 3. The second-order valence-corrected chi connectivity index (χ2v) is 18.1. The van der Waals surface area contributed by atoms with Gasteiger partial charge in [0.2, 0.25) is 0 Å². The zero-order valence-electron chi connectivity index (χ0n) is 42.5. The Kier molecular flexibility index (Phi) is 26.4. The molecular formula is C53H85N9O6. The van der Waals surface area contributed by atoms with E-state index in [4.69, 9.17) is 14.2 Å². The van der Waals surface area contributed by atoms with Gasteiger partial charge in [-0.3, -0.25) is 16.3 Å². The first-order chi connectivity index (χ1) is 33.1. The summed E-state index contributed by atoms with van der Waals surface area (Å²) in [5.74, 6) is 0.0395. The van der Waals surface area contributed by atoms with Crippen molar-refractivity contribution in [2.75, 3.05) is 42.6 Å². The number of carbonyl (C=O) groups excluding carboxylic acids is 3. The first-order valence-electron chi connectivity index (χ1n) is 26.0. The average Bonchev–Trinajstić information content (AvgIpc) is 3.36. The molecule has 68 heavy (non-hydrogen) atoms. The first-order valence-corrected chi connectivity index (χ1v) is 26.0. The van der Waals surface area contributed by atoms with Crippen LogP contribution >= 0.6 is 0 Å². The number of nitrogens with one attached hydrogen (secondary N) is 5. The van der Waals surface area contributed by atoms with Crippen molar-refractivity contribution >= 4 is 35.0 Å². The van der Waals surface area contributed by atoms with Crippen molar-refractivity contribution in [1.82, 2.24) is 31.9 Å². The van der Waals surface area contributed by atoms with E-state index in [1.807, 2.05) is 41.5 Å². The standard InChI is InChI=1S/C53H85N9O6/c1-8-15-19-20-21-22-38-59-61(55-49-34-28-46(29-35-49)52(64)67-40-43(13-6)24-17-10-3)57-60(54-48-32-26-45(27-33-48)51(63)66-39-42(12-5)23-16-9-2)58-62(59)56-50-36-30-47(31-37-50)53(65)68-41-44(14-7)25-18-11-4/h26-37,42-44,54-58H,8-25,38-41H2,1-7H3. The zero-order chi connectivity index (χ0) is 48.9.